The number of H-pyrrole nitrogens is 1. The number of fused-ring (bicyclic) bond motifs is 1. The Morgan fingerprint density at radius 3 is 2.52 bits per heavy atom. The molecule has 0 radical (unpaired) electrons. The topological polar surface area (TPSA) is 192 Å². The highest BCUT2D eigenvalue weighted by Gasteiger charge is 2.25. The van der Waals surface area contributed by atoms with Crippen LogP contribution >= 0.6 is 0 Å². The summed E-state index contributed by atoms with van der Waals surface area (Å²) in [5.41, 5.74) is 13.5. The highest BCUT2D eigenvalue weighted by atomic mass is 16.4. The number of carbonyl (C=O) groups excluding carboxylic acids is 3. The molecule has 0 spiro atoms. The Bertz CT molecular complexity index is 975. The van der Waals surface area contributed by atoms with E-state index in [0.29, 0.717) is 25.8 Å². The van der Waals surface area contributed by atoms with Crippen molar-refractivity contribution in [3.63, 3.8) is 0 Å². The molecule has 33 heavy (non-hydrogen) atoms. The van der Waals surface area contributed by atoms with Crippen LogP contribution in [0.2, 0.25) is 0 Å². The number of carbonyl (C=O) groups is 4. The van der Waals surface area contributed by atoms with E-state index in [1.54, 1.807) is 6.20 Å². The van der Waals surface area contributed by atoms with Gasteiger partial charge >= 0.3 is 5.97 Å². The van der Waals surface area contributed by atoms with E-state index in [2.05, 4.69) is 20.9 Å². The van der Waals surface area contributed by atoms with Gasteiger partial charge in [-0.25, -0.2) is 0 Å². The van der Waals surface area contributed by atoms with Gasteiger partial charge in [0.2, 0.25) is 17.7 Å². The zero-order chi connectivity index (χ0) is 24.4. The van der Waals surface area contributed by atoms with Gasteiger partial charge in [0.15, 0.2) is 0 Å². The molecule has 0 fully saturated rings. The highest BCUT2D eigenvalue weighted by Crippen LogP contribution is 2.18. The Morgan fingerprint density at radius 1 is 1.09 bits per heavy atom. The molecular formula is C22H32N6O5. The Kier molecular flexibility index (Phi) is 9.83. The highest BCUT2D eigenvalue weighted by molar-refractivity contribution is 5.93. The van der Waals surface area contributed by atoms with E-state index in [9.17, 15) is 19.2 Å². The predicted molar refractivity (Wildman–Crippen MR) is 123 cm³/mol. The number of para-hydroxylation sites is 1. The number of nitrogens with one attached hydrogen (secondary N) is 4. The molecule has 180 valence electrons. The number of rotatable bonds is 13. The van der Waals surface area contributed by atoms with Gasteiger partial charge in [0.1, 0.15) is 12.1 Å². The van der Waals surface area contributed by atoms with Crippen LogP contribution in [0.1, 0.15) is 31.7 Å². The second-order valence-corrected chi connectivity index (χ2v) is 7.86. The fourth-order valence-electron chi connectivity index (χ4n) is 3.32. The normalized spacial score (nSPS) is 13.7. The van der Waals surface area contributed by atoms with Gasteiger partial charge in [-0.3, -0.25) is 19.2 Å². The number of hydrogen-bond acceptors (Lipinski definition) is 6. The predicted octanol–water partition coefficient (Wildman–Crippen LogP) is -0.643. The number of aliphatic carboxylic acids is 1. The third-order valence-electron chi connectivity index (χ3n) is 5.20. The average Bonchev–Trinajstić information content (AvgIpc) is 3.19. The molecule has 0 aliphatic rings. The maximum Gasteiger partial charge on any atom is 0.325 e. The van der Waals surface area contributed by atoms with Crippen LogP contribution in [0, 0.1) is 0 Å². The molecule has 9 N–H and O–H groups in total. The molecule has 2 rings (SSSR count). The molecule has 0 saturated heterocycles. The average molecular weight is 461 g/mol. The van der Waals surface area contributed by atoms with Crippen molar-refractivity contribution in [1.29, 1.82) is 0 Å². The van der Waals surface area contributed by atoms with Crippen LogP contribution in [0.5, 0.6) is 0 Å². The molecule has 0 saturated carbocycles. The van der Waals surface area contributed by atoms with Gasteiger partial charge in [-0.05, 0) is 50.8 Å². The molecule has 1 aromatic carbocycles. The lowest BCUT2D eigenvalue weighted by Gasteiger charge is -2.21. The zero-order valence-corrected chi connectivity index (χ0v) is 18.6. The lowest BCUT2D eigenvalue weighted by atomic mass is 10.0. The number of aromatic nitrogens is 1. The van der Waals surface area contributed by atoms with E-state index in [-0.39, 0.29) is 6.42 Å². The minimum absolute atomic E-state index is 0.280. The summed E-state index contributed by atoms with van der Waals surface area (Å²) in [5.74, 6) is -2.89. The lowest BCUT2D eigenvalue weighted by molar-refractivity contribution is -0.141. The van der Waals surface area contributed by atoms with E-state index in [4.69, 9.17) is 16.6 Å². The number of benzene rings is 1. The summed E-state index contributed by atoms with van der Waals surface area (Å²) in [7, 11) is 0. The first-order valence-corrected chi connectivity index (χ1v) is 10.8. The van der Waals surface area contributed by atoms with Gasteiger partial charge in [0.05, 0.1) is 12.6 Å². The molecule has 3 amide bonds. The largest absolute Gasteiger partial charge is 0.480 e. The first-order valence-electron chi connectivity index (χ1n) is 10.8. The van der Waals surface area contributed by atoms with Gasteiger partial charge in [0.25, 0.3) is 0 Å². The first-order chi connectivity index (χ1) is 15.7. The van der Waals surface area contributed by atoms with Crippen molar-refractivity contribution in [3.8, 4) is 0 Å². The van der Waals surface area contributed by atoms with E-state index < -0.39 is 48.4 Å². The van der Waals surface area contributed by atoms with Crippen molar-refractivity contribution in [2.45, 2.75) is 50.7 Å². The van der Waals surface area contributed by atoms with Crippen LogP contribution in [-0.4, -0.2) is 65.0 Å². The van der Waals surface area contributed by atoms with Gasteiger partial charge < -0.3 is 37.5 Å². The van der Waals surface area contributed by atoms with Crippen LogP contribution in [-0.2, 0) is 25.6 Å². The molecule has 11 heteroatoms. The van der Waals surface area contributed by atoms with Crippen LogP contribution < -0.4 is 27.4 Å². The summed E-state index contributed by atoms with van der Waals surface area (Å²) in [5, 5.41) is 17.2. The molecule has 0 bridgehead atoms. The van der Waals surface area contributed by atoms with Crippen molar-refractivity contribution < 1.29 is 24.3 Å². The molecular weight excluding hydrogens is 428 g/mol. The van der Waals surface area contributed by atoms with E-state index >= 15 is 0 Å². The van der Waals surface area contributed by atoms with Gasteiger partial charge in [-0.2, -0.15) is 0 Å². The lowest BCUT2D eigenvalue weighted by Crippen LogP contribution is -2.53. The summed E-state index contributed by atoms with van der Waals surface area (Å²) in [4.78, 5) is 51.1. The van der Waals surface area contributed by atoms with E-state index in [1.165, 1.54) is 6.92 Å². The summed E-state index contributed by atoms with van der Waals surface area (Å²) in [6.45, 7) is 1.34. The van der Waals surface area contributed by atoms with Gasteiger partial charge in [-0.1, -0.05) is 18.2 Å². The summed E-state index contributed by atoms with van der Waals surface area (Å²) in [6, 6.07) is 4.80. The Hall–Kier alpha value is -3.44. The van der Waals surface area contributed by atoms with Crippen LogP contribution in [0.25, 0.3) is 10.9 Å². The number of amides is 3. The molecule has 1 aromatic heterocycles. The van der Waals surface area contributed by atoms with Crippen molar-refractivity contribution in [2.24, 2.45) is 11.5 Å². The van der Waals surface area contributed by atoms with Crippen LogP contribution in [0.15, 0.2) is 30.5 Å². The summed E-state index contributed by atoms with van der Waals surface area (Å²) in [6.07, 6.45) is 3.66. The number of carboxylic acid groups (broad SMARTS) is 1. The van der Waals surface area contributed by atoms with Crippen molar-refractivity contribution >= 4 is 34.6 Å². The fraction of sp³-hybridized carbons (Fsp3) is 0.455. The van der Waals surface area contributed by atoms with E-state index in [0.717, 1.165) is 16.5 Å². The molecule has 0 aliphatic carbocycles. The maximum atomic E-state index is 12.7. The molecule has 3 atom stereocenters. The van der Waals surface area contributed by atoms with Crippen molar-refractivity contribution in [2.75, 3.05) is 13.1 Å². The van der Waals surface area contributed by atoms with Gasteiger partial charge in [-0.15, -0.1) is 0 Å². The second-order valence-electron chi connectivity index (χ2n) is 7.86. The Balaban J connectivity index is 1.96. The SMILES string of the molecule is CC(NC(=O)CNC(=O)C(CCCCN)NC(=O)C(N)Cc1c[nH]c2ccccc12)C(=O)O. The smallest absolute Gasteiger partial charge is 0.325 e. The monoisotopic (exact) mass is 460 g/mol. The molecule has 3 unspecified atom stereocenters. The number of aromatic amines is 1. The molecule has 2 aromatic rings. The Morgan fingerprint density at radius 2 is 1.82 bits per heavy atom. The molecule has 0 aliphatic heterocycles. The minimum atomic E-state index is -1.19. The maximum absolute atomic E-state index is 12.7. The van der Waals surface area contributed by atoms with Crippen LogP contribution in [0.4, 0.5) is 0 Å². The van der Waals surface area contributed by atoms with Gasteiger partial charge in [0, 0.05) is 17.1 Å². The minimum Gasteiger partial charge on any atom is -0.480 e. The number of carboxylic acids is 1. The quantitative estimate of drug-likeness (QED) is 0.193. The summed E-state index contributed by atoms with van der Waals surface area (Å²) < 4.78 is 0. The summed E-state index contributed by atoms with van der Waals surface area (Å²) >= 11 is 0. The third-order valence-corrected chi connectivity index (χ3v) is 5.20. The zero-order valence-electron chi connectivity index (χ0n) is 18.6. The second kappa shape index (κ2) is 12.6. The molecule has 1 heterocycles. The first kappa shape index (κ1) is 25.8. The molecule has 11 nitrogen and oxygen atoms in total. The fourth-order valence-corrected chi connectivity index (χ4v) is 3.32. The van der Waals surface area contributed by atoms with E-state index in [1.807, 2.05) is 24.3 Å². The van der Waals surface area contributed by atoms with Crippen LogP contribution in [0.3, 0.4) is 0 Å². The van der Waals surface area contributed by atoms with Crippen molar-refractivity contribution in [3.05, 3.63) is 36.0 Å². The number of unbranched alkanes of at least 4 members (excludes halogenated alkanes) is 1. The standard InChI is InChI=1S/C22H32N6O5/c1-13(22(32)33)27-19(29)12-26-21(31)18(8-4-5-9-23)28-20(30)16(24)10-14-11-25-17-7-3-2-6-15(14)17/h2-3,6-7,11,13,16,18,25H,4-5,8-10,12,23-24H2,1H3,(H,26,31)(H,27,29)(H,28,30)(H,32,33). The number of hydrogen-bond donors (Lipinski definition) is 7. The number of nitrogens with two attached hydrogens (primary N) is 2. The van der Waals surface area contributed by atoms with Crippen molar-refractivity contribution in [1.82, 2.24) is 20.9 Å². The third kappa shape index (κ3) is 7.88. The Labute approximate surface area is 191 Å².